The number of hydrogen-bond acceptors (Lipinski definition) is 6. The summed E-state index contributed by atoms with van der Waals surface area (Å²) in [4.78, 5) is 17.4. The molecule has 8 nitrogen and oxygen atoms in total. The molecule has 0 radical (unpaired) electrons. The van der Waals surface area contributed by atoms with Crippen molar-refractivity contribution in [1.29, 1.82) is 0 Å². The van der Waals surface area contributed by atoms with E-state index in [1.165, 1.54) is 0 Å². The summed E-state index contributed by atoms with van der Waals surface area (Å²) >= 11 is 0. The third-order valence-electron chi connectivity index (χ3n) is 6.45. The molecule has 8 heteroatoms. The van der Waals surface area contributed by atoms with Crippen molar-refractivity contribution >= 4 is 16.8 Å². The number of amides is 1. The first-order valence-electron chi connectivity index (χ1n) is 11.5. The third-order valence-corrected chi connectivity index (χ3v) is 6.45. The van der Waals surface area contributed by atoms with Gasteiger partial charge < -0.3 is 19.5 Å². The van der Waals surface area contributed by atoms with Crippen LogP contribution in [-0.4, -0.2) is 70.5 Å². The van der Waals surface area contributed by atoms with E-state index in [0.29, 0.717) is 25.3 Å². The molecule has 0 unspecified atom stereocenters. The summed E-state index contributed by atoms with van der Waals surface area (Å²) in [6.45, 7) is 10.1. The van der Waals surface area contributed by atoms with Gasteiger partial charge in [0.15, 0.2) is 0 Å². The average molecular weight is 451 g/mol. The van der Waals surface area contributed by atoms with E-state index in [0.717, 1.165) is 66.3 Å². The largest absolute Gasteiger partial charge is 0.507 e. The summed E-state index contributed by atoms with van der Waals surface area (Å²) in [5.41, 5.74) is 4.12. The Bertz CT molecular complexity index is 1170. The van der Waals surface area contributed by atoms with Gasteiger partial charge in [-0.25, -0.2) is 0 Å². The van der Waals surface area contributed by atoms with Gasteiger partial charge >= 0.3 is 0 Å². The van der Waals surface area contributed by atoms with Gasteiger partial charge in [-0.15, -0.1) is 0 Å². The highest BCUT2D eigenvalue weighted by Gasteiger charge is 2.27. The van der Waals surface area contributed by atoms with Gasteiger partial charge in [0.25, 0.3) is 5.91 Å². The smallest absolute Gasteiger partial charge is 0.258 e. The molecule has 1 fully saturated rings. The van der Waals surface area contributed by atoms with Gasteiger partial charge in [-0.1, -0.05) is 19.9 Å². The Hall–Kier alpha value is -3.10. The minimum Gasteiger partial charge on any atom is -0.507 e. The minimum atomic E-state index is -0.184. The molecule has 2 N–H and O–H groups in total. The number of aromatic nitrogens is 2. The fourth-order valence-electron chi connectivity index (χ4n) is 4.58. The van der Waals surface area contributed by atoms with Crippen LogP contribution in [0.3, 0.4) is 0 Å². The molecule has 174 valence electrons. The van der Waals surface area contributed by atoms with Gasteiger partial charge in [0, 0.05) is 44.2 Å². The highest BCUT2D eigenvalue weighted by atomic mass is 16.5. The van der Waals surface area contributed by atoms with E-state index in [1.54, 1.807) is 17.0 Å². The fraction of sp³-hybridized carbons (Fsp3) is 0.440. The van der Waals surface area contributed by atoms with E-state index in [9.17, 15) is 9.90 Å². The number of fused-ring (bicyclic) bond motifs is 2. The monoisotopic (exact) mass is 450 g/mol. The molecule has 1 aromatic heterocycles. The van der Waals surface area contributed by atoms with Crippen LogP contribution in [0.1, 0.15) is 46.9 Å². The summed E-state index contributed by atoms with van der Waals surface area (Å²) in [6.07, 6.45) is 0. The molecule has 0 atom stereocenters. The lowest BCUT2D eigenvalue weighted by atomic mass is 10.0. The Morgan fingerprint density at radius 2 is 1.97 bits per heavy atom. The number of nitrogens with zero attached hydrogens (tertiary/aromatic N) is 3. The topological polar surface area (TPSA) is 90.9 Å². The Kier molecular flexibility index (Phi) is 5.95. The van der Waals surface area contributed by atoms with Crippen LogP contribution in [0, 0.1) is 0 Å². The summed E-state index contributed by atoms with van der Waals surface area (Å²) < 4.78 is 11.4. The second-order valence-corrected chi connectivity index (χ2v) is 9.07. The van der Waals surface area contributed by atoms with Crippen molar-refractivity contribution in [1.82, 2.24) is 20.0 Å². The number of benzene rings is 2. The number of phenols is 1. The van der Waals surface area contributed by atoms with Crippen LogP contribution < -0.4 is 4.74 Å². The van der Waals surface area contributed by atoms with Crippen LogP contribution in [0.4, 0.5) is 0 Å². The molecule has 33 heavy (non-hydrogen) atoms. The number of morpholine rings is 1. The second kappa shape index (κ2) is 9.03. The van der Waals surface area contributed by atoms with E-state index in [4.69, 9.17) is 9.47 Å². The summed E-state index contributed by atoms with van der Waals surface area (Å²) in [5.74, 6) is 0.815. The third kappa shape index (κ3) is 4.41. The molecule has 1 amide bonds. The average Bonchev–Trinajstić information content (AvgIpc) is 3.42. The van der Waals surface area contributed by atoms with E-state index in [1.807, 2.05) is 18.2 Å². The quantitative estimate of drug-likeness (QED) is 0.599. The van der Waals surface area contributed by atoms with Gasteiger partial charge in [0.2, 0.25) is 0 Å². The van der Waals surface area contributed by atoms with Crippen molar-refractivity contribution in [3.63, 3.8) is 0 Å². The lowest BCUT2D eigenvalue weighted by Gasteiger charge is -2.26. The summed E-state index contributed by atoms with van der Waals surface area (Å²) in [6, 6.07) is 9.37. The minimum absolute atomic E-state index is 0.0328. The van der Waals surface area contributed by atoms with Gasteiger partial charge in [0.1, 0.15) is 18.1 Å². The highest BCUT2D eigenvalue weighted by molar-refractivity contribution is 6.01. The standard InChI is InChI=1S/C25H30N4O4/c1-16(2)24-20-12-21(23(30)13-22(20)26-27-24)25(31)29-14-17-3-4-19(11-18(17)15-29)33-10-7-28-5-8-32-9-6-28/h3-4,11-13,16,30H,5-10,14-15H2,1-2H3,(H,26,27). The van der Waals surface area contributed by atoms with Crippen molar-refractivity contribution in [2.75, 3.05) is 39.5 Å². The molecule has 0 spiro atoms. The Morgan fingerprint density at radius 3 is 2.76 bits per heavy atom. The van der Waals surface area contributed by atoms with Gasteiger partial charge in [-0.05, 0) is 35.2 Å². The van der Waals surface area contributed by atoms with Crippen LogP contribution >= 0.6 is 0 Å². The van der Waals surface area contributed by atoms with Crippen LogP contribution in [0.5, 0.6) is 11.5 Å². The van der Waals surface area contributed by atoms with E-state index >= 15 is 0 Å². The maximum Gasteiger partial charge on any atom is 0.258 e. The molecule has 5 rings (SSSR count). The van der Waals surface area contributed by atoms with E-state index in [-0.39, 0.29) is 17.6 Å². The zero-order valence-electron chi connectivity index (χ0n) is 19.1. The Morgan fingerprint density at radius 1 is 1.18 bits per heavy atom. The molecular formula is C25H30N4O4. The molecule has 1 saturated heterocycles. The maximum atomic E-state index is 13.3. The number of nitrogens with one attached hydrogen (secondary N) is 1. The molecule has 2 aliphatic heterocycles. The molecule has 3 aromatic rings. The van der Waals surface area contributed by atoms with Gasteiger partial charge in [-0.2, -0.15) is 5.10 Å². The fourth-order valence-corrected chi connectivity index (χ4v) is 4.58. The van der Waals surface area contributed by atoms with Crippen molar-refractivity contribution in [2.24, 2.45) is 0 Å². The Labute approximate surface area is 193 Å². The maximum absolute atomic E-state index is 13.3. The number of rotatable bonds is 6. The first kappa shape index (κ1) is 21.7. The molecule has 2 aliphatic rings. The van der Waals surface area contributed by atoms with Crippen molar-refractivity contribution in [2.45, 2.75) is 32.9 Å². The second-order valence-electron chi connectivity index (χ2n) is 9.07. The number of hydrogen-bond donors (Lipinski definition) is 2. The summed E-state index contributed by atoms with van der Waals surface area (Å²) in [7, 11) is 0. The number of carbonyl (C=O) groups is 1. The Balaban J connectivity index is 1.27. The molecular weight excluding hydrogens is 420 g/mol. The van der Waals surface area contributed by atoms with Crippen molar-refractivity contribution in [3.05, 3.63) is 52.7 Å². The first-order chi connectivity index (χ1) is 16.0. The molecule has 2 aromatic carbocycles. The number of aromatic hydroxyl groups is 1. The van der Waals surface area contributed by atoms with Crippen molar-refractivity contribution < 1.29 is 19.4 Å². The zero-order chi connectivity index (χ0) is 22.9. The number of phenolic OH excluding ortho intramolecular Hbond substituents is 1. The van der Waals surface area contributed by atoms with Crippen molar-refractivity contribution in [3.8, 4) is 11.5 Å². The van der Waals surface area contributed by atoms with Crippen LogP contribution in [0.25, 0.3) is 10.9 Å². The van der Waals surface area contributed by atoms with Crippen LogP contribution in [-0.2, 0) is 17.8 Å². The van der Waals surface area contributed by atoms with Crippen LogP contribution in [0.2, 0.25) is 0 Å². The highest BCUT2D eigenvalue weighted by Crippen LogP contribution is 2.33. The predicted octanol–water partition coefficient (Wildman–Crippen LogP) is 3.26. The predicted molar refractivity (Wildman–Crippen MR) is 125 cm³/mol. The van der Waals surface area contributed by atoms with E-state index in [2.05, 4.69) is 28.9 Å². The SMILES string of the molecule is CC(C)c1n[nH]c2cc(O)c(C(=O)N3Cc4ccc(OCCN5CCOCC5)cc4C3)cc12. The van der Waals surface area contributed by atoms with E-state index < -0.39 is 0 Å². The normalized spacial score (nSPS) is 16.5. The number of H-pyrrole nitrogens is 1. The first-order valence-corrected chi connectivity index (χ1v) is 11.5. The molecule has 0 aliphatic carbocycles. The lowest BCUT2D eigenvalue weighted by molar-refractivity contribution is 0.0322. The molecule has 0 saturated carbocycles. The molecule has 3 heterocycles. The number of ether oxygens (including phenoxy) is 2. The summed E-state index contributed by atoms with van der Waals surface area (Å²) in [5, 5.41) is 18.7. The van der Waals surface area contributed by atoms with Gasteiger partial charge in [0.05, 0.1) is 30.0 Å². The number of aromatic amines is 1. The van der Waals surface area contributed by atoms with Gasteiger partial charge in [-0.3, -0.25) is 14.8 Å². The number of carbonyl (C=O) groups excluding carboxylic acids is 1. The van der Waals surface area contributed by atoms with Crippen LogP contribution in [0.15, 0.2) is 30.3 Å². The zero-order valence-corrected chi connectivity index (χ0v) is 19.1. The lowest BCUT2D eigenvalue weighted by Crippen LogP contribution is -2.38. The molecule has 0 bridgehead atoms.